The Morgan fingerprint density at radius 3 is 2.21 bits per heavy atom. The van der Waals surface area contributed by atoms with E-state index >= 15 is 0 Å². The fourth-order valence-electron chi connectivity index (χ4n) is 2.25. The maximum absolute atomic E-state index is 5.70. The molecule has 0 atom stereocenters. The number of nitrogens with zero attached hydrogens (tertiary/aromatic N) is 4. The van der Waals surface area contributed by atoms with Crippen LogP contribution in [0.1, 0.15) is 5.89 Å². The number of nitrogen functional groups attached to an aromatic ring is 1. The first-order valence-electron chi connectivity index (χ1n) is 6.38. The van der Waals surface area contributed by atoms with Gasteiger partial charge in [-0.1, -0.05) is 5.10 Å². The second-order valence-corrected chi connectivity index (χ2v) is 4.67. The zero-order valence-electron chi connectivity index (χ0n) is 10.9. The summed E-state index contributed by atoms with van der Waals surface area (Å²) in [5, 5.41) is 7.92. The van der Waals surface area contributed by atoms with Gasteiger partial charge in [0.2, 0.25) is 5.89 Å². The monoisotopic (exact) mass is 259 g/mol. The highest BCUT2D eigenvalue weighted by atomic mass is 16.4. The van der Waals surface area contributed by atoms with Gasteiger partial charge in [-0.25, -0.2) is 0 Å². The number of nitrogens with two attached hydrogens (primary N) is 1. The topological polar surface area (TPSA) is 71.4 Å². The lowest BCUT2D eigenvalue weighted by Crippen LogP contribution is -2.46. The first-order chi connectivity index (χ1) is 9.22. The zero-order chi connectivity index (χ0) is 13.2. The molecule has 0 aliphatic carbocycles. The molecule has 1 aliphatic heterocycles. The average Bonchev–Trinajstić information content (AvgIpc) is 2.87. The average molecular weight is 259 g/mol. The lowest BCUT2D eigenvalue weighted by molar-refractivity contribution is 0.492. The summed E-state index contributed by atoms with van der Waals surface area (Å²) in [5.74, 6) is 0.607. The molecular weight excluding hydrogens is 242 g/mol. The molecule has 0 unspecified atom stereocenters. The predicted octanol–water partition coefficient (Wildman–Crippen LogP) is 1.29. The van der Waals surface area contributed by atoms with Crippen LogP contribution >= 0.6 is 0 Å². The van der Waals surface area contributed by atoms with Gasteiger partial charge in [0, 0.05) is 44.5 Å². The van der Waals surface area contributed by atoms with Gasteiger partial charge >= 0.3 is 6.01 Å². The second kappa shape index (κ2) is 4.79. The number of aromatic nitrogens is 2. The lowest BCUT2D eigenvalue weighted by Gasteiger charge is -2.35. The number of hydrogen-bond acceptors (Lipinski definition) is 6. The third-order valence-corrected chi connectivity index (χ3v) is 3.32. The van der Waals surface area contributed by atoms with Crippen LogP contribution in [0.15, 0.2) is 28.7 Å². The first-order valence-corrected chi connectivity index (χ1v) is 6.38. The molecule has 0 saturated carbocycles. The fourth-order valence-corrected chi connectivity index (χ4v) is 2.25. The quantitative estimate of drug-likeness (QED) is 0.819. The Morgan fingerprint density at radius 2 is 1.63 bits per heavy atom. The molecule has 2 heterocycles. The third-order valence-electron chi connectivity index (χ3n) is 3.32. The minimum absolute atomic E-state index is 0.607. The van der Waals surface area contributed by atoms with Gasteiger partial charge in [0.25, 0.3) is 0 Å². The predicted molar refractivity (Wildman–Crippen MR) is 74.3 cm³/mol. The number of anilines is 3. The van der Waals surface area contributed by atoms with Crippen molar-refractivity contribution in [2.75, 3.05) is 41.7 Å². The Morgan fingerprint density at radius 1 is 1.00 bits per heavy atom. The molecule has 0 bridgehead atoms. The third kappa shape index (κ3) is 2.47. The van der Waals surface area contributed by atoms with E-state index in [0.29, 0.717) is 11.9 Å². The second-order valence-electron chi connectivity index (χ2n) is 4.67. The van der Waals surface area contributed by atoms with E-state index in [0.717, 1.165) is 31.9 Å². The van der Waals surface area contributed by atoms with E-state index in [2.05, 4.69) is 32.1 Å². The molecule has 0 radical (unpaired) electrons. The van der Waals surface area contributed by atoms with Crippen molar-refractivity contribution in [3.63, 3.8) is 0 Å². The van der Waals surface area contributed by atoms with Crippen LogP contribution in [-0.2, 0) is 0 Å². The molecule has 3 rings (SSSR count). The van der Waals surface area contributed by atoms with Crippen molar-refractivity contribution in [2.45, 2.75) is 6.92 Å². The number of benzene rings is 1. The zero-order valence-corrected chi connectivity index (χ0v) is 10.9. The van der Waals surface area contributed by atoms with Crippen molar-refractivity contribution in [2.24, 2.45) is 0 Å². The number of aryl methyl sites for hydroxylation is 1. The Hall–Kier alpha value is -2.24. The molecule has 1 aromatic heterocycles. The van der Waals surface area contributed by atoms with Gasteiger partial charge in [-0.2, -0.15) is 0 Å². The van der Waals surface area contributed by atoms with Crippen molar-refractivity contribution >= 4 is 17.4 Å². The summed E-state index contributed by atoms with van der Waals surface area (Å²) in [6.07, 6.45) is 0. The van der Waals surface area contributed by atoms with Crippen molar-refractivity contribution < 1.29 is 4.42 Å². The molecule has 100 valence electrons. The summed E-state index contributed by atoms with van der Waals surface area (Å²) >= 11 is 0. The number of hydrogen-bond donors (Lipinski definition) is 1. The number of piperazine rings is 1. The van der Waals surface area contributed by atoms with Crippen LogP contribution in [0.25, 0.3) is 0 Å². The van der Waals surface area contributed by atoms with E-state index in [-0.39, 0.29) is 0 Å². The smallest absolute Gasteiger partial charge is 0.318 e. The summed E-state index contributed by atoms with van der Waals surface area (Å²) < 4.78 is 5.45. The van der Waals surface area contributed by atoms with E-state index in [9.17, 15) is 0 Å². The fraction of sp³-hybridized carbons (Fsp3) is 0.385. The van der Waals surface area contributed by atoms with Crippen molar-refractivity contribution in [1.82, 2.24) is 10.2 Å². The van der Waals surface area contributed by atoms with E-state index in [1.54, 1.807) is 6.92 Å². The minimum Gasteiger partial charge on any atom is -0.408 e. The van der Waals surface area contributed by atoms with Crippen LogP contribution in [0.4, 0.5) is 17.4 Å². The molecule has 2 N–H and O–H groups in total. The van der Waals surface area contributed by atoms with Gasteiger partial charge in [0.15, 0.2) is 0 Å². The Balaban J connectivity index is 1.64. The van der Waals surface area contributed by atoms with E-state index in [1.165, 1.54) is 5.69 Å². The van der Waals surface area contributed by atoms with Crippen LogP contribution in [-0.4, -0.2) is 36.4 Å². The molecule has 2 aromatic rings. The minimum atomic E-state index is 0.607. The SMILES string of the molecule is Cc1nnc(N2CCN(c3ccc(N)cc3)CC2)o1. The first kappa shape index (κ1) is 11.8. The summed E-state index contributed by atoms with van der Waals surface area (Å²) in [6.45, 7) is 5.44. The molecule has 0 spiro atoms. The molecule has 1 aromatic carbocycles. The highest BCUT2D eigenvalue weighted by Gasteiger charge is 2.20. The number of rotatable bonds is 2. The maximum Gasteiger partial charge on any atom is 0.318 e. The summed E-state index contributed by atoms with van der Waals surface area (Å²) in [7, 11) is 0. The summed E-state index contributed by atoms with van der Waals surface area (Å²) in [4.78, 5) is 4.45. The van der Waals surface area contributed by atoms with Crippen molar-refractivity contribution in [3.8, 4) is 0 Å². The van der Waals surface area contributed by atoms with Crippen molar-refractivity contribution in [1.29, 1.82) is 0 Å². The normalized spacial score (nSPS) is 15.8. The van der Waals surface area contributed by atoms with Gasteiger partial charge in [-0.3, -0.25) is 0 Å². The van der Waals surface area contributed by atoms with Crippen LogP contribution in [0.2, 0.25) is 0 Å². The lowest BCUT2D eigenvalue weighted by atomic mass is 10.2. The van der Waals surface area contributed by atoms with Gasteiger partial charge in [0.05, 0.1) is 0 Å². The van der Waals surface area contributed by atoms with Crippen molar-refractivity contribution in [3.05, 3.63) is 30.2 Å². The Kier molecular flexibility index (Phi) is 2.98. The molecule has 1 fully saturated rings. The Labute approximate surface area is 111 Å². The van der Waals surface area contributed by atoms with E-state index < -0.39 is 0 Å². The molecule has 6 heteroatoms. The Bertz CT molecular complexity index is 542. The van der Waals surface area contributed by atoms with Crippen LogP contribution in [0, 0.1) is 6.92 Å². The van der Waals surface area contributed by atoms with Gasteiger partial charge < -0.3 is 20.0 Å². The highest BCUT2D eigenvalue weighted by molar-refractivity contribution is 5.54. The largest absolute Gasteiger partial charge is 0.408 e. The van der Waals surface area contributed by atoms with E-state index in [1.807, 2.05) is 12.1 Å². The molecule has 6 nitrogen and oxygen atoms in total. The van der Waals surface area contributed by atoms with Crippen LogP contribution < -0.4 is 15.5 Å². The standard InChI is InChI=1S/C13H17N5O/c1-10-15-16-13(19-10)18-8-6-17(7-9-18)12-4-2-11(14)3-5-12/h2-5H,6-9,14H2,1H3. The molecule has 1 saturated heterocycles. The molecule has 19 heavy (non-hydrogen) atoms. The molecular formula is C13H17N5O. The maximum atomic E-state index is 5.70. The van der Waals surface area contributed by atoms with Gasteiger partial charge in [-0.05, 0) is 24.3 Å². The molecule has 0 amide bonds. The molecule has 1 aliphatic rings. The van der Waals surface area contributed by atoms with E-state index in [4.69, 9.17) is 10.2 Å². The van der Waals surface area contributed by atoms with Gasteiger partial charge in [0.1, 0.15) is 0 Å². The summed E-state index contributed by atoms with van der Waals surface area (Å²) in [6, 6.07) is 8.60. The van der Waals surface area contributed by atoms with Crippen LogP contribution in [0.3, 0.4) is 0 Å². The van der Waals surface area contributed by atoms with Gasteiger partial charge in [-0.15, -0.1) is 5.10 Å². The van der Waals surface area contributed by atoms with Crippen LogP contribution in [0.5, 0.6) is 0 Å². The highest BCUT2D eigenvalue weighted by Crippen LogP contribution is 2.20. The summed E-state index contributed by atoms with van der Waals surface area (Å²) in [5.41, 5.74) is 7.70.